The third kappa shape index (κ3) is 3.99. The molecule has 1 aliphatic rings. The minimum Gasteiger partial charge on any atom is -0.381 e. The van der Waals surface area contributed by atoms with E-state index in [-0.39, 0.29) is 11.6 Å². The zero-order chi connectivity index (χ0) is 20.6. The third-order valence-electron chi connectivity index (χ3n) is 5.10. The Morgan fingerprint density at radius 1 is 1.17 bits per heavy atom. The average molecular weight is 446 g/mol. The second kappa shape index (κ2) is 7.62. The van der Waals surface area contributed by atoms with Crippen LogP contribution in [0.25, 0.3) is 5.78 Å². The van der Waals surface area contributed by atoms with Crippen molar-refractivity contribution in [3.05, 3.63) is 51.9 Å². The number of benzene rings is 1. The number of halogens is 5. The minimum absolute atomic E-state index is 0.132. The average Bonchev–Trinajstić information content (AvgIpc) is 3.15. The van der Waals surface area contributed by atoms with Crippen molar-refractivity contribution in [1.29, 1.82) is 0 Å². The van der Waals surface area contributed by atoms with Gasteiger partial charge < -0.3 is 10.1 Å². The Labute approximate surface area is 174 Å². The Kier molecular flexibility index (Phi) is 5.30. The molecule has 0 saturated carbocycles. The third-order valence-corrected chi connectivity index (χ3v) is 5.65. The number of anilines is 1. The summed E-state index contributed by atoms with van der Waals surface area (Å²) in [6.45, 7) is 1.36. The molecule has 154 valence electrons. The van der Waals surface area contributed by atoms with Crippen LogP contribution in [0.4, 0.5) is 19.0 Å². The maximum atomic E-state index is 13.2. The van der Waals surface area contributed by atoms with Crippen molar-refractivity contribution in [2.24, 2.45) is 0 Å². The molecule has 0 unspecified atom stereocenters. The topological polar surface area (TPSA) is 64.3 Å². The Balaban J connectivity index is 1.71. The molecule has 0 aliphatic carbocycles. The number of nitrogens with one attached hydrogen (secondary N) is 1. The zero-order valence-electron chi connectivity index (χ0n) is 15.0. The molecule has 3 heterocycles. The van der Waals surface area contributed by atoms with Crippen LogP contribution in [0.5, 0.6) is 0 Å². The monoisotopic (exact) mass is 445 g/mol. The van der Waals surface area contributed by atoms with E-state index in [9.17, 15) is 13.2 Å². The van der Waals surface area contributed by atoms with E-state index in [1.165, 1.54) is 4.52 Å². The molecule has 1 saturated heterocycles. The van der Waals surface area contributed by atoms with E-state index in [0.29, 0.717) is 42.6 Å². The summed E-state index contributed by atoms with van der Waals surface area (Å²) in [5.74, 6) is 0.0173. The van der Waals surface area contributed by atoms with Crippen molar-refractivity contribution in [2.45, 2.75) is 24.4 Å². The number of rotatable bonds is 4. The number of aromatic nitrogens is 4. The van der Waals surface area contributed by atoms with E-state index in [1.807, 2.05) is 6.07 Å². The molecule has 1 fully saturated rings. The van der Waals surface area contributed by atoms with Gasteiger partial charge in [-0.25, -0.2) is 4.98 Å². The zero-order valence-corrected chi connectivity index (χ0v) is 16.5. The molecule has 0 bridgehead atoms. The SMILES string of the molecule is FC(F)(F)c1cc(NCC2(c3ccc(Cl)cc3Cl)CCOCC2)n2ncnc2n1. The molecule has 29 heavy (non-hydrogen) atoms. The summed E-state index contributed by atoms with van der Waals surface area (Å²) in [6, 6.07) is 6.21. The molecule has 2 aromatic heterocycles. The fraction of sp³-hybridized carbons (Fsp3) is 0.389. The van der Waals surface area contributed by atoms with Gasteiger partial charge in [-0.05, 0) is 30.5 Å². The van der Waals surface area contributed by atoms with Crippen LogP contribution in [-0.4, -0.2) is 39.3 Å². The van der Waals surface area contributed by atoms with Crippen LogP contribution >= 0.6 is 23.2 Å². The van der Waals surface area contributed by atoms with Gasteiger partial charge >= 0.3 is 6.18 Å². The van der Waals surface area contributed by atoms with Crippen LogP contribution in [0.15, 0.2) is 30.6 Å². The van der Waals surface area contributed by atoms with Crippen LogP contribution in [0.2, 0.25) is 10.0 Å². The highest BCUT2D eigenvalue weighted by Gasteiger charge is 2.37. The number of alkyl halides is 3. The van der Waals surface area contributed by atoms with Crippen molar-refractivity contribution < 1.29 is 17.9 Å². The lowest BCUT2D eigenvalue weighted by molar-refractivity contribution is -0.141. The molecule has 1 N–H and O–H groups in total. The van der Waals surface area contributed by atoms with Crippen LogP contribution < -0.4 is 5.32 Å². The van der Waals surface area contributed by atoms with Gasteiger partial charge in [0, 0.05) is 41.3 Å². The first-order valence-corrected chi connectivity index (χ1v) is 9.59. The normalized spacial score (nSPS) is 16.9. The maximum absolute atomic E-state index is 13.2. The predicted molar refractivity (Wildman–Crippen MR) is 102 cm³/mol. The summed E-state index contributed by atoms with van der Waals surface area (Å²) < 4.78 is 46.4. The Bertz CT molecular complexity index is 1030. The van der Waals surface area contributed by atoms with Gasteiger partial charge in [0.2, 0.25) is 0 Å². The summed E-state index contributed by atoms with van der Waals surface area (Å²) in [7, 11) is 0. The first kappa shape index (κ1) is 20.2. The second-order valence-corrected chi connectivity index (χ2v) is 7.71. The molecule has 0 spiro atoms. The fourth-order valence-corrected chi connectivity index (χ4v) is 4.18. The van der Waals surface area contributed by atoms with Crippen molar-refractivity contribution in [1.82, 2.24) is 19.6 Å². The number of hydrogen-bond acceptors (Lipinski definition) is 5. The smallest absolute Gasteiger partial charge is 0.381 e. The van der Waals surface area contributed by atoms with Gasteiger partial charge in [0.25, 0.3) is 5.78 Å². The first-order valence-electron chi connectivity index (χ1n) is 8.84. The van der Waals surface area contributed by atoms with Gasteiger partial charge in [0.1, 0.15) is 12.1 Å². The molecule has 0 amide bonds. The molecule has 4 rings (SSSR count). The molecule has 0 atom stereocenters. The number of ether oxygens (including phenoxy) is 1. The highest BCUT2D eigenvalue weighted by molar-refractivity contribution is 6.35. The van der Waals surface area contributed by atoms with E-state index in [1.54, 1.807) is 12.1 Å². The molecule has 3 aromatic rings. The predicted octanol–water partition coefficient (Wildman–Crippen LogP) is 4.61. The minimum atomic E-state index is -4.60. The van der Waals surface area contributed by atoms with Gasteiger partial charge in [0.05, 0.1) is 0 Å². The van der Waals surface area contributed by atoms with E-state index < -0.39 is 17.3 Å². The van der Waals surface area contributed by atoms with Crippen LogP contribution in [-0.2, 0) is 16.3 Å². The van der Waals surface area contributed by atoms with Crippen LogP contribution in [0, 0.1) is 0 Å². The quantitative estimate of drug-likeness (QED) is 0.634. The molecule has 11 heteroatoms. The number of nitrogens with zero attached hydrogens (tertiary/aromatic N) is 4. The molecule has 6 nitrogen and oxygen atoms in total. The summed E-state index contributed by atoms with van der Waals surface area (Å²) in [6.07, 6.45) is -2.13. The van der Waals surface area contributed by atoms with Gasteiger partial charge in [-0.3, -0.25) is 0 Å². The highest BCUT2D eigenvalue weighted by atomic mass is 35.5. The molecular weight excluding hydrogens is 430 g/mol. The second-order valence-electron chi connectivity index (χ2n) is 6.87. The van der Waals surface area contributed by atoms with E-state index in [4.69, 9.17) is 27.9 Å². The van der Waals surface area contributed by atoms with Crippen molar-refractivity contribution in [3.63, 3.8) is 0 Å². The highest BCUT2D eigenvalue weighted by Crippen LogP contribution is 2.40. The number of hydrogen-bond donors (Lipinski definition) is 1. The number of fused-ring (bicyclic) bond motifs is 1. The lowest BCUT2D eigenvalue weighted by Crippen LogP contribution is -2.40. The van der Waals surface area contributed by atoms with Gasteiger partial charge in [0.15, 0.2) is 5.69 Å². The van der Waals surface area contributed by atoms with Crippen molar-refractivity contribution >= 4 is 34.8 Å². The summed E-state index contributed by atoms with van der Waals surface area (Å²) in [5.41, 5.74) is -0.598. The Morgan fingerprint density at radius 2 is 1.93 bits per heavy atom. The molecule has 1 aliphatic heterocycles. The fourth-order valence-electron chi connectivity index (χ4n) is 3.57. The van der Waals surface area contributed by atoms with Crippen LogP contribution in [0.1, 0.15) is 24.1 Å². The Morgan fingerprint density at radius 3 is 2.62 bits per heavy atom. The van der Waals surface area contributed by atoms with E-state index in [2.05, 4.69) is 20.4 Å². The summed E-state index contributed by atoms with van der Waals surface area (Å²) >= 11 is 12.5. The van der Waals surface area contributed by atoms with Gasteiger partial charge in [-0.2, -0.15) is 27.8 Å². The summed E-state index contributed by atoms with van der Waals surface area (Å²) in [5, 5.41) is 8.11. The lowest BCUT2D eigenvalue weighted by Gasteiger charge is -2.38. The van der Waals surface area contributed by atoms with Gasteiger partial charge in [-0.1, -0.05) is 29.3 Å². The largest absolute Gasteiger partial charge is 0.433 e. The van der Waals surface area contributed by atoms with Gasteiger partial charge in [-0.15, -0.1) is 0 Å². The van der Waals surface area contributed by atoms with Crippen molar-refractivity contribution in [3.8, 4) is 0 Å². The molecular formula is C18H16Cl2F3N5O. The van der Waals surface area contributed by atoms with Crippen LogP contribution in [0.3, 0.4) is 0 Å². The lowest BCUT2D eigenvalue weighted by atomic mass is 9.74. The van der Waals surface area contributed by atoms with E-state index in [0.717, 1.165) is 18.0 Å². The maximum Gasteiger partial charge on any atom is 0.433 e. The molecule has 0 radical (unpaired) electrons. The first-order chi connectivity index (χ1) is 13.8. The standard InChI is InChI=1S/C18H16Cl2F3N5O/c19-11-1-2-12(13(20)7-11)17(3-5-29-6-4-17)9-24-15-8-14(18(21,22)23)27-16-25-10-26-28(15)16/h1-2,7-8,10,24H,3-6,9H2. The Hall–Kier alpha value is -2.10. The summed E-state index contributed by atoms with van der Waals surface area (Å²) in [4.78, 5) is 7.32. The molecule has 1 aromatic carbocycles. The van der Waals surface area contributed by atoms with E-state index >= 15 is 0 Å². The van der Waals surface area contributed by atoms with Crippen molar-refractivity contribution in [2.75, 3.05) is 25.1 Å².